The SMILES string of the molecule is C=CC/C(=C\C=C(/CC)c1cnc(CN(CCC)C(=O)Cc2ccccc2)s1)c1ccc(-c2cnc(CN(CCC)C(=O)Cc3ccccc3)s2)cc1. The van der Waals surface area contributed by atoms with Gasteiger partial charge in [-0.2, -0.15) is 0 Å². The van der Waals surface area contributed by atoms with Crippen molar-refractivity contribution >= 4 is 45.6 Å². The molecule has 0 bridgehead atoms. The second-order valence-electron chi connectivity index (χ2n) is 13.0. The molecule has 2 aromatic heterocycles. The molecule has 5 rings (SSSR count). The van der Waals surface area contributed by atoms with Crippen molar-refractivity contribution in [2.45, 2.75) is 72.4 Å². The Labute approximate surface area is 323 Å². The second kappa shape index (κ2) is 20.4. The molecule has 0 atom stereocenters. The van der Waals surface area contributed by atoms with Gasteiger partial charge in [-0.1, -0.05) is 124 Å². The largest absolute Gasteiger partial charge is 0.336 e. The molecular formula is C45H50N4O2S2. The van der Waals surface area contributed by atoms with Crippen molar-refractivity contribution in [3.05, 3.63) is 154 Å². The molecule has 0 aliphatic carbocycles. The lowest BCUT2D eigenvalue weighted by molar-refractivity contribution is -0.131. The summed E-state index contributed by atoms with van der Waals surface area (Å²) in [6, 6.07) is 28.5. The number of carbonyl (C=O) groups excluding carboxylic acids is 2. The van der Waals surface area contributed by atoms with Gasteiger partial charge in [0.2, 0.25) is 11.8 Å². The van der Waals surface area contributed by atoms with Crippen LogP contribution in [-0.2, 0) is 35.5 Å². The zero-order valence-corrected chi connectivity index (χ0v) is 32.8. The number of amides is 2. The minimum Gasteiger partial charge on any atom is -0.336 e. The van der Waals surface area contributed by atoms with Crippen LogP contribution in [0.15, 0.2) is 122 Å². The van der Waals surface area contributed by atoms with Crippen LogP contribution >= 0.6 is 22.7 Å². The Balaban J connectivity index is 1.25. The molecule has 0 spiro atoms. The molecule has 2 heterocycles. The van der Waals surface area contributed by atoms with E-state index in [0.717, 1.165) is 67.7 Å². The Bertz CT molecular complexity index is 1980. The van der Waals surface area contributed by atoms with Crippen LogP contribution in [0.5, 0.6) is 0 Å². The predicted molar refractivity (Wildman–Crippen MR) is 222 cm³/mol. The number of allylic oxidation sites excluding steroid dienone is 5. The maximum atomic E-state index is 13.2. The van der Waals surface area contributed by atoms with Crippen molar-refractivity contribution in [3.8, 4) is 10.4 Å². The third-order valence-corrected chi connectivity index (χ3v) is 11.0. The lowest BCUT2D eigenvalue weighted by atomic mass is 9.99. The number of nitrogens with zero attached hydrogens (tertiary/aromatic N) is 4. The fourth-order valence-corrected chi connectivity index (χ4v) is 8.09. The van der Waals surface area contributed by atoms with Gasteiger partial charge in [0.05, 0.1) is 35.7 Å². The molecule has 8 heteroatoms. The molecule has 5 aromatic rings. The van der Waals surface area contributed by atoms with Gasteiger partial charge in [0.15, 0.2) is 0 Å². The summed E-state index contributed by atoms with van der Waals surface area (Å²) in [6.45, 7) is 12.8. The third-order valence-electron chi connectivity index (χ3n) is 8.94. The highest BCUT2D eigenvalue weighted by molar-refractivity contribution is 7.15. The first kappa shape index (κ1) is 39.3. The van der Waals surface area contributed by atoms with Gasteiger partial charge in [0, 0.05) is 25.5 Å². The fourth-order valence-electron chi connectivity index (χ4n) is 6.13. The monoisotopic (exact) mass is 742 g/mol. The quantitative estimate of drug-likeness (QED) is 0.0624. The Morgan fingerprint density at radius 2 is 1.21 bits per heavy atom. The topological polar surface area (TPSA) is 66.4 Å². The summed E-state index contributed by atoms with van der Waals surface area (Å²) in [4.78, 5) is 41.8. The van der Waals surface area contributed by atoms with E-state index in [1.54, 1.807) is 22.7 Å². The highest BCUT2D eigenvalue weighted by Crippen LogP contribution is 2.31. The van der Waals surface area contributed by atoms with Gasteiger partial charge in [0.25, 0.3) is 0 Å². The van der Waals surface area contributed by atoms with E-state index in [0.29, 0.717) is 39.0 Å². The number of benzene rings is 3. The smallest absolute Gasteiger partial charge is 0.227 e. The highest BCUT2D eigenvalue weighted by Gasteiger charge is 2.18. The zero-order valence-electron chi connectivity index (χ0n) is 31.2. The van der Waals surface area contributed by atoms with E-state index in [1.807, 2.05) is 88.9 Å². The maximum Gasteiger partial charge on any atom is 0.227 e. The van der Waals surface area contributed by atoms with Crippen LogP contribution in [0.1, 0.15) is 78.0 Å². The van der Waals surface area contributed by atoms with Crippen molar-refractivity contribution in [1.82, 2.24) is 19.8 Å². The van der Waals surface area contributed by atoms with Crippen molar-refractivity contribution < 1.29 is 9.59 Å². The summed E-state index contributed by atoms with van der Waals surface area (Å²) in [5.74, 6) is 0.255. The van der Waals surface area contributed by atoms with E-state index in [4.69, 9.17) is 9.97 Å². The minimum atomic E-state index is 0.126. The molecule has 53 heavy (non-hydrogen) atoms. The number of carbonyl (C=O) groups is 2. The molecule has 0 fully saturated rings. The van der Waals surface area contributed by atoms with E-state index in [1.165, 1.54) is 11.1 Å². The van der Waals surface area contributed by atoms with Crippen LogP contribution in [0.4, 0.5) is 0 Å². The van der Waals surface area contributed by atoms with Gasteiger partial charge in [-0.3, -0.25) is 9.59 Å². The van der Waals surface area contributed by atoms with Crippen molar-refractivity contribution in [2.75, 3.05) is 13.1 Å². The molecule has 6 nitrogen and oxygen atoms in total. The van der Waals surface area contributed by atoms with E-state index < -0.39 is 0 Å². The van der Waals surface area contributed by atoms with Crippen LogP contribution in [-0.4, -0.2) is 44.7 Å². The van der Waals surface area contributed by atoms with Crippen molar-refractivity contribution in [2.24, 2.45) is 0 Å². The fraction of sp³-hybridized carbons (Fsp3) is 0.289. The van der Waals surface area contributed by atoms with Gasteiger partial charge in [0.1, 0.15) is 10.0 Å². The van der Waals surface area contributed by atoms with Gasteiger partial charge in [-0.25, -0.2) is 9.97 Å². The molecule has 0 unspecified atom stereocenters. The third kappa shape index (κ3) is 11.5. The molecule has 0 radical (unpaired) electrons. The number of hydrogen-bond acceptors (Lipinski definition) is 6. The van der Waals surface area contributed by atoms with Crippen molar-refractivity contribution in [3.63, 3.8) is 0 Å². The zero-order chi connectivity index (χ0) is 37.4. The number of rotatable bonds is 19. The molecule has 274 valence electrons. The van der Waals surface area contributed by atoms with Gasteiger partial charge in [-0.15, -0.1) is 29.3 Å². The van der Waals surface area contributed by atoms with E-state index in [-0.39, 0.29) is 11.8 Å². The van der Waals surface area contributed by atoms with Crippen LogP contribution < -0.4 is 0 Å². The second-order valence-corrected chi connectivity index (χ2v) is 15.2. The maximum absolute atomic E-state index is 13.2. The molecule has 3 aromatic carbocycles. The van der Waals surface area contributed by atoms with E-state index in [9.17, 15) is 9.59 Å². The Hall–Kier alpha value is -4.92. The number of hydrogen-bond donors (Lipinski definition) is 0. The summed E-state index contributed by atoms with van der Waals surface area (Å²) in [5, 5.41) is 1.88. The van der Waals surface area contributed by atoms with Crippen LogP contribution in [0, 0.1) is 0 Å². The summed E-state index contributed by atoms with van der Waals surface area (Å²) in [7, 11) is 0. The van der Waals surface area contributed by atoms with Crippen LogP contribution in [0.25, 0.3) is 21.6 Å². The average Bonchev–Trinajstić information content (AvgIpc) is 3.85. The highest BCUT2D eigenvalue weighted by atomic mass is 32.1. The summed E-state index contributed by atoms with van der Waals surface area (Å²) >= 11 is 3.31. The molecular weight excluding hydrogens is 693 g/mol. The molecule has 0 aliphatic rings. The normalized spacial score (nSPS) is 11.8. The Morgan fingerprint density at radius 1 is 0.679 bits per heavy atom. The molecule has 0 saturated carbocycles. The summed E-state index contributed by atoms with van der Waals surface area (Å²) in [6.07, 6.45) is 14.4. The van der Waals surface area contributed by atoms with Crippen molar-refractivity contribution in [1.29, 1.82) is 0 Å². The lowest BCUT2D eigenvalue weighted by Crippen LogP contribution is -2.32. The van der Waals surface area contributed by atoms with Gasteiger partial charge >= 0.3 is 0 Å². The van der Waals surface area contributed by atoms with Gasteiger partial charge < -0.3 is 9.80 Å². The standard InChI is InChI=1S/C45H50N4O2S2/c1-5-15-37(21-20-36(8-4)40-30-46-42(52-40)32-48(26-6-2)44(50)28-34-16-11-9-12-17-34)38-22-24-39(25-23-38)41-31-47-43(53-41)33-49(27-7-3)45(51)29-35-18-13-10-14-19-35/h5,9-14,16-25,30-31H,1,6-8,15,26-29,32-33H2,2-4H3/b36-20+,37-21+. The molecule has 2 amide bonds. The van der Waals surface area contributed by atoms with Gasteiger partial charge in [-0.05, 0) is 59.1 Å². The molecule has 0 aliphatic heterocycles. The minimum absolute atomic E-state index is 0.126. The summed E-state index contributed by atoms with van der Waals surface area (Å²) in [5.41, 5.74) is 6.70. The summed E-state index contributed by atoms with van der Waals surface area (Å²) < 4.78 is 0. The van der Waals surface area contributed by atoms with E-state index in [2.05, 4.69) is 63.8 Å². The lowest BCUT2D eigenvalue weighted by Gasteiger charge is -2.21. The first-order valence-electron chi connectivity index (χ1n) is 18.5. The molecule has 0 N–H and O–H groups in total. The molecule has 0 saturated heterocycles. The predicted octanol–water partition coefficient (Wildman–Crippen LogP) is 10.7. The number of thiazole rings is 2. The Kier molecular flexibility index (Phi) is 15.1. The first-order valence-corrected chi connectivity index (χ1v) is 20.2. The first-order chi connectivity index (χ1) is 25.9. The number of aromatic nitrogens is 2. The van der Waals surface area contributed by atoms with Crippen LogP contribution in [0.2, 0.25) is 0 Å². The van der Waals surface area contributed by atoms with E-state index >= 15 is 0 Å². The Morgan fingerprint density at radius 3 is 1.74 bits per heavy atom. The van der Waals surface area contributed by atoms with Crippen LogP contribution in [0.3, 0.4) is 0 Å². The average molecular weight is 743 g/mol.